The summed E-state index contributed by atoms with van der Waals surface area (Å²) in [5.41, 5.74) is 4.50. The largest absolute Gasteiger partial charge is 0.392 e. The third kappa shape index (κ3) is 6.93. The minimum Gasteiger partial charge on any atom is -0.392 e. The molecule has 0 saturated carbocycles. The van der Waals surface area contributed by atoms with E-state index in [1.807, 2.05) is 72.8 Å². The normalized spacial score (nSPS) is 21.5. The molecular formula is C31H36N2O4. The summed E-state index contributed by atoms with van der Waals surface area (Å²) in [7, 11) is 2.06. The SMILES string of the molecule is C=CCN(C)C[C@@H]1O[C@H](c2ccc(CNC(=O)c3ccccc3)cc2)O[C@H](c2ccc(CO)cc2)[C@@H]1C. The maximum Gasteiger partial charge on any atom is 0.251 e. The monoisotopic (exact) mass is 500 g/mol. The highest BCUT2D eigenvalue weighted by Crippen LogP contribution is 2.41. The Hall–Kier alpha value is -3.29. The van der Waals surface area contributed by atoms with Crippen LogP contribution in [0, 0.1) is 5.92 Å². The maximum atomic E-state index is 12.4. The smallest absolute Gasteiger partial charge is 0.251 e. The van der Waals surface area contributed by atoms with Crippen LogP contribution in [0.25, 0.3) is 0 Å². The van der Waals surface area contributed by atoms with Crippen LogP contribution in [0.1, 0.15) is 51.9 Å². The van der Waals surface area contributed by atoms with Crippen LogP contribution in [0.15, 0.2) is 91.5 Å². The second kappa shape index (κ2) is 12.8. The highest BCUT2D eigenvalue weighted by Gasteiger charge is 2.38. The summed E-state index contributed by atoms with van der Waals surface area (Å²) in [6, 6.07) is 25.1. The number of nitrogens with zero attached hydrogens (tertiary/aromatic N) is 1. The number of rotatable bonds is 10. The number of amides is 1. The number of ether oxygens (including phenoxy) is 2. The van der Waals surface area contributed by atoms with Crippen LogP contribution >= 0.6 is 0 Å². The predicted molar refractivity (Wildman–Crippen MR) is 145 cm³/mol. The number of hydrogen-bond acceptors (Lipinski definition) is 5. The van der Waals surface area contributed by atoms with E-state index in [1.165, 1.54) is 0 Å². The maximum absolute atomic E-state index is 12.4. The number of benzene rings is 3. The van der Waals surface area contributed by atoms with Gasteiger partial charge in [-0.05, 0) is 35.9 Å². The Bertz CT molecular complexity index is 1150. The molecule has 6 heteroatoms. The van der Waals surface area contributed by atoms with E-state index in [-0.39, 0.29) is 30.6 Å². The molecule has 0 aromatic heterocycles. The molecule has 0 spiro atoms. The first kappa shape index (κ1) is 26.8. The van der Waals surface area contributed by atoms with Gasteiger partial charge >= 0.3 is 0 Å². The molecule has 3 aromatic rings. The summed E-state index contributed by atoms with van der Waals surface area (Å²) in [5.74, 6) is 0.0233. The molecule has 0 unspecified atom stereocenters. The second-order valence-corrected chi connectivity index (χ2v) is 9.62. The standard InChI is InChI=1S/C31H36N2O4/c1-4-18-33(3)20-28-22(2)29(25-14-12-24(21-34)13-15-25)37-31(36-28)27-16-10-23(11-17-27)19-32-30(35)26-8-6-5-7-9-26/h4-17,22,28-29,31,34H,1,18-21H2,2-3H3,(H,32,35)/t22-,28+,29+,31+/m1/s1. The fourth-order valence-electron chi connectivity index (χ4n) is 4.60. The minimum absolute atomic E-state index is 0.0141. The lowest BCUT2D eigenvalue weighted by Gasteiger charge is -2.42. The summed E-state index contributed by atoms with van der Waals surface area (Å²) in [4.78, 5) is 14.6. The Labute approximate surface area is 219 Å². The van der Waals surface area contributed by atoms with Crippen molar-refractivity contribution < 1.29 is 19.4 Å². The van der Waals surface area contributed by atoms with Gasteiger partial charge in [0.25, 0.3) is 5.91 Å². The van der Waals surface area contributed by atoms with Crippen molar-refractivity contribution in [3.05, 3.63) is 119 Å². The van der Waals surface area contributed by atoms with Gasteiger partial charge in [0.2, 0.25) is 0 Å². The first-order valence-corrected chi connectivity index (χ1v) is 12.7. The van der Waals surface area contributed by atoms with E-state index in [9.17, 15) is 9.90 Å². The highest BCUT2D eigenvalue weighted by molar-refractivity contribution is 5.94. The van der Waals surface area contributed by atoms with E-state index in [0.29, 0.717) is 12.1 Å². The molecule has 0 aliphatic carbocycles. The quantitative estimate of drug-likeness (QED) is 0.383. The fraction of sp³-hybridized carbons (Fsp3) is 0.323. The molecule has 37 heavy (non-hydrogen) atoms. The molecule has 6 nitrogen and oxygen atoms in total. The summed E-state index contributed by atoms with van der Waals surface area (Å²) in [5, 5.41) is 12.4. The predicted octanol–water partition coefficient (Wildman–Crippen LogP) is 5.02. The van der Waals surface area contributed by atoms with E-state index in [0.717, 1.165) is 35.3 Å². The Kier molecular flexibility index (Phi) is 9.25. The van der Waals surface area contributed by atoms with Gasteiger partial charge < -0.3 is 24.8 Å². The molecule has 4 rings (SSSR count). The highest BCUT2D eigenvalue weighted by atomic mass is 16.7. The molecule has 0 radical (unpaired) electrons. The molecule has 1 heterocycles. The Balaban J connectivity index is 1.48. The van der Waals surface area contributed by atoms with Crippen molar-refractivity contribution in [3.8, 4) is 0 Å². The molecular weight excluding hydrogens is 464 g/mol. The summed E-state index contributed by atoms with van der Waals surface area (Å²) < 4.78 is 13.0. The molecule has 1 amide bonds. The van der Waals surface area contributed by atoms with Gasteiger partial charge in [-0.3, -0.25) is 4.79 Å². The van der Waals surface area contributed by atoms with E-state index < -0.39 is 6.29 Å². The van der Waals surface area contributed by atoms with Crippen molar-refractivity contribution in [1.82, 2.24) is 10.2 Å². The van der Waals surface area contributed by atoms with Gasteiger partial charge in [0.05, 0.1) is 18.8 Å². The summed E-state index contributed by atoms with van der Waals surface area (Å²) in [6.45, 7) is 7.99. The zero-order chi connectivity index (χ0) is 26.2. The van der Waals surface area contributed by atoms with Gasteiger partial charge in [0.1, 0.15) is 0 Å². The van der Waals surface area contributed by atoms with Crippen LogP contribution in [0.5, 0.6) is 0 Å². The van der Waals surface area contributed by atoms with Crippen LogP contribution in [-0.4, -0.2) is 42.2 Å². The van der Waals surface area contributed by atoms with Crippen molar-refractivity contribution >= 4 is 5.91 Å². The number of carbonyl (C=O) groups is 1. The van der Waals surface area contributed by atoms with Crippen LogP contribution in [0.2, 0.25) is 0 Å². The number of aliphatic hydroxyl groups is 1. The summed E-state index contributed by atoms with van der Waals surface area (Å²) >= 11 is 0. The van der Waals surface area contributed by atoms with Crippen molar-refractivity contribution in [2.45, 2.75) is 38.6 Å². The third-order valence-corrected chi connectivity index (χ3v) is 6.80. The van der Waals surface area contributed by atoms with E-state index in [1.54, 1.807) is 12.1 Å². The van der Waals surface area contributed by atoms with E-state index in [2.05, 4.69) is 30.8 Å². The molecule has 194 valence electrons. The molecule has 1 saturated heterocycles. The molecule has 1 fully saturated rings. The van der Waals surface area contributed by atoms with Gasteiger partial charge in [-0.2, -0.15) is 0 Å². The number of hydrogen-bond donors (Lipinski definition) is 2. The fourth-order valence-corrected chi connectivity index (χ4v) is 4.60. The summed E-state index contributed by atoms with van der Waals surface area (Å²) in [6.07, 6.45) is 1.17. The number of carbonyl (C=O) groups excluding carboxylic acids is 1. The van der Waals surface area contributed by atoms with Crippen molar-refractivity contribution in [1.29, 1.82) is 0 Å². The Morgan fingerprint density at radius 1 is 0.973 bits per heavy atom. The van der Waals surface area contributed by atoms with Crippen LogP contribution in [0.3, 0.4) is 0 Å². The van der Waals surface area contributed by atoms with Gasteiger partial charge in [0, 0.05) is 36.7 Å². The Morgan fingerprint density at radius 2 is 1.62 bits per heavy atom. The van der Waals surface area contributed by atoms with Crippen molar-refractivity contribution in [2.75, 3.05) is 20.1 Å². The lowest BCUT2D eigenvalue weighted by atomic mass is 9.90. The third-order valence-electron chi connectivity index (χ3n) is 6.80. The molecule has 2 N–H and O–H groups in total. The van der Waals surface area contributed by atoms with Crippen molar-refractivity contribution in [3.63, 3.8) is 0 Å². The first-order valence-electron chi connectivity index (χ1n) is 12.7. The van der Waals surface area contributed by atoms with Crippen LogP contribution in [0.4, 0.5) is 0 Å². The average molecular weight is 501 g/mol. The molecule has 4 atom stereocenters. The second-order valence-electron chi connectivity index (χ2n) is 9.62. The zero-order valence-electron chi connectivity index (χ0n) is 21.5. The number of nitrogens with one attached hydrogen (secondary N) is 1. The van der Waals surface area contributed by atoms with Gasteiger partial charge in [-0.25, -0.2) is 0 Å². The molecule has 3 aromatic carbocycles. The topological polar surface area (TPSA) is 71.0 Å². The molecule has 1 aliphatic heterocycles. The zero-order valence-corrected chi connectivity index (χ0v) is 21.5. The van der Waals surface area contributed by atoms with Crippen LogP contribution < -0.4 is 5.32 Å². The molecule has 1 aliphatic rings. The first-order chi connectivity index (χ1) is 18.0. The number of likely N-dealkylation sites (N-methyl/N-ethyl adjacent to an activating group) is 1. The van der Waals surface area contributed by atoms with Crippen LogP contribution in [-0.2, 0) is 22.6 Å². The van der Waals surface area contributed by atoms with Gasteiger partial charge in [0.15, 0.2) is 6.29 Å². The lowest BCUT2D eigenvalue weighted by molar-refractivity contribution is -0.275. The Morgan fingerprint density at radius 3 is 2.27 bits per heavy atom. The average Bonchev–Trinajstić information content (AvgIpc) is 2.94. The van der Waals surface area contributed by atoms with E-state index >= 15 is 0 Å². The van der Waals surface area contributed by atoms with E-state index in [4.69, 9.17) is 9.47 Å². The lowest BCUT2D eigenvalue weighted by Crippen LogP contribution is -2.43. The minimum atomic E-state index is -0.520. The van der Waals surface area contributed by atoms with Gasteiger partial charge in [-0.15, -0.1) is 6.58 Å². The van der Waals surface area contributed by atoms with Gasteiger partial charge in [-0.1, -0.05) is 79.7 Å². The molecule has 0 bridgehead atoms. The van der Waals surface area contributed by atoms with Crippen molar-refractivity contribution in [2.24, 2.45) is 5.92 Å². The number of aliphatic hydroxyl groups excluding tert-OH is 1.